The van der Waals surface area contributed by atoms with Gasteiger partial charge in [0.25, 0.3) is 0 Å². The number of anilines is 1. The summed E-state index contributed by atoms with van der Waals surface area (Å²) < 4.78 is 26.1. The van der Waals surface area contributed by atoms with Crippen LogP contribution in [0, 0.1) is 6.92 Å². The summed E-state index contributed by atoms with van der Waals surface area (Å²) in [6.07, 6.45) is 2.84. The summed E-state index contributed by atoms with van der Waals surface area (Å²) in [5, 5.41) is 2.86. The van der Waals surface area contributed by atoms with Crippen LogP contribution >= 0.6 is 11.3 Å². The van der Waals surface area contributed by atoms with Crippen LogP contribution in [0.4, 0.5) is 5.00 Å². The summed E-state index contributed by atoms with van der Waals surface area (Å²) in [7, 11) is 4.49. The van der Waals surface area contributed by atoms with Crippen molar-refractivity contribution in [2.24, 2.45) is 0 Å². The van der Waals surface area contributed by atoms with Crippen LogP contribution in [0.3, 0.4) is 0 Å². The van der Waals surface area contributed by atoms with E-state index in [-0.39, 0.29) is 28.7 Å². The Balaban J connectivity index is 2.34. The molecule has 0 saturated heterocycles. The molecule has 0 fully saturated rings. The van der Waals surface area contributed by atoms with E-state index in [2.05, 4.69) is 5.32 Å². The van der Waals surface area contributed by atoms with Crippen molar-refractivity contribution in [1.82, 2.24) is 0 Å². The van der Waals surface area contributed by atoms with E-state index in [0.717, 1.165) is 11.3 Å². The van der Waals surface area contributed by atoms with Crippen molar-refractivity contribution in [3.8, 4) is 17.2 Å². The maximum atomic E-state index is 12.6. The molecule has 0 aliphatic rings. The lowest BCUT2D eigenvalue weighted by Gasteiger charge is -2.12. The second kappa shape index (κ2) is 11.9. The Morgan fingerprint density at radius 3 is 2.03 bits per heavy atom. The lowest BCUT2D eigenvalue weighted by molar-refractivity contribution is -0.111. The predicted octanol–water partition coefficient (Wildman–Crippen LogP) is 4.09. The summed E-state index contributed by atoms with van der Waals surface area (Å²) in [5.74, 6) is -0.402. The van der Waals surface area contributed by atoms with Crippen molar-refractivity contribution in [3.05, 3.63) is 39.8 Å². The molecule has 178 valence electrons. The predicted molar refractivity (Wildman–Crippen MR) is 125 cm³/mol. The number of amides is 1. The van der Waals surface area contributed by atoms with Crippen molar-refractivity contribution < 1.29 is 38.1 Å². The van der Waals surface area contributed by atoms with Gasteiger partial charge in [-0.05, 0) is 50.1 Å². The van der Waals surface area contributed by atoms with Crippen LogP contribution in [0.2, 0.25) is 0 Å². The second-order valence-corrected chi connectivity index (χ2v) is 7.50. The molecule has 9 nitrogen and oxygen atoms in total. The zero-order valence-corrected chi connectivity index (χ0v) is 20.2. The number of rotatable bonds is 10. The zero-order chi connectivity index (χ0) is 24.5. The lowest BCUT2D eigenvalue weighted by Crippen LogP contribution is -2.13. The summed E-state index contributed by atoms with van der Waals surface area (Å²) in [6, 6.07) is 3.37. The van der Waals surface area contributed by atoms with Crippen molar-refractivity contribution >= 4 is 40.3 Å². The van der Waals surface area contributed by atoms with E-state index in [1.807, 2.05) is 0 Å². The van der Waals surface area contributed by atoms with Crippen LogP contribution in [0.15, 0.2) is 18.2 Å². The minimum absolute atomic E-state index is 0.124. The van der Waals surface area contributed by atoms with Gasteiger partial charge in [-0.25, -0.2) is 9.59 Å². The minimum atomic E-state index is -0.634. The van der Waals surface area contributed by atoms with E-state index in [1.165, 1.54) is 27.4 Å². The second-order valence-electron chi connectivity index (χ2n) is 6.48. The first-order valence-corrected chi connectivity index (χ1v) is 10.9. The molecule has 33 heavy (non-hydrogen) atoms. The zero-order valence-electron chi connectivity index (χ0n) is 19.4. The molecule has 10 heteroatoms. The van der Waals surface area contributed by atoms with Gasteiger partial charge in [0.15, 0.2) is 11.5 Å². The third-order valence-corrected chi connectivity index (χ3v) is 5.63. The number of carbonyl (C=O) groups excluding carboxylic acids is 3. The van der Waals surface area contributed by atoms with E-state index < -0.39 is 17.8 Å². The number of ether oxygens (including phenoxy) is 5. The van der Waals surface area contributed by atoms with Gasteiger partial charge in [0.2, 0.25) is 11.7 Å². The van der Waals surface area contributed by atoms with Gasteiger partial charge >= 0.3 is 11.9 Å². The van der Waals surface area contributed by atoms with Crippen LogP contribution in [-0.4, -0.2) is 52.4 Å². The van der Waals surface area contributed by atoms with Crippen molar-refractivity contribution in [1.29, 1.82) is 0 Å². The van der Waals surface area contributed by atoms with Crippen LogP contribution in [0.25, 0.3) is 6.08 Å². The number of esters is 2. The molecule has 1 aromatic carbocycles. The Kier molecular flexibility index (Phi) is 9.29. The van der Waals surface area contributed by atoms with E-state index >= 15 is 0 Å². The molecule has 0 saturated carbocycles. The Hall–Kier alpha value is -3.53. The van der Waals surface area contributed by atoms with Gasteiger partial charge in [-0.3, -0.25) is 4.79 Å². The maximum absolute atomic E-state index is 12.6. The van der Waals surface area contributed by atoms with Gasteiger partial charge in [0, 0.05) is 6.08 Å². The first-order chi connectivity index (χ1) is 15.8. The number of carbonyl (C=O) groups is 3. The number of methoxy groups -OCH3 is 3. The number of hydrogen-bond donors (Lipinski definition) is 1. The van der Waals surface area contributed by atoms with E-state index in [0.29, 0.717) is 28.4 Å². The van der Waals surface area contributed by atoms with Crippen LogP contribution in [-0.2, 0) is 14.3 Å². The van der Waals surface area contributed by atoms with E-state index in [1.54, 1.807) is 39.0 Å². The largest absolute Gasteiger partial charge is 0.493 e. The Bertz CT molecular complexity index is 1030. The summed E-state index contributed by atoms with van der Waals surface area (Å²) in [6.45, 7) is 5.30. The molecule has 0 aliphatic heterocycles. The molecule has 1 amide bonds. The third kappa shape index (κ3) is 6.04. The molecule has 2 rings (SSSR count). The highest BCUT2D eigenvalue weighted by atomic mass is 32.1. The van der Waals surface area contributed by atoms with Crippen molar-refractivity contribution in [2.75, 3.05) is 39.9 Å². The number of nitrogens with one attached hydrogen (secondary N) is 1. The molecule has 0 aliphatic carbocycles. The summed E-state index contributed by atoms with van der Waals surface area (Å²) >= 11 is 0.958. The van der Waals surface area contributed by atoms with Crippen molar-refractivity contribution in [2.45, 2.75) is 20.8 Å². The van der Waals surface area contributed by atoms with Gasteiger partial charge in [-0.1, -0.05) is 0 Å². The highest BCUT2D eigenvalue weighted by Crippen LogP contribution is 2.38. The quantitative estimate of drug-likeness (QED) is 0.403. The van der Waals surface area contributed by atoms with Gasteiger partial charge in [0.05, 0.1) is 40.1 Å². The topological polar surface area (TPSA) is 109 Å². The average molecular weight is 478 g/mol. The van der Waals surface area contributed by atoms with Gasteiger partial charge in [-0.15, -0.1) is 11.3 Å². The fourth-order valence-corrected chi connectivity index (χ4v) is 4.06. The molecule has 1 N–H and O–H groups in total. The smallest absolute Gasteiger partial charge is 0.348 e. The van der Waals surface area contributed by atoms with Gasteiger partial charge in [0.1, 0.15) is 9.88 Å². The van der Waals surface area contributed by atoms with Gasteiger partial charge < -0.3 is 29.0 Å². The molecule has 1 heterocycles. The molecule has 0 bridgehead atoms. The fraction of sp³-hybridized carbons (Fsp3) is 0.348. The Labute approximate surface area is 196 Å². The highest BCUT2D eigenvalue weighted by molar-refractivity contribution is 7.18. The standard InChI is InChI=1S/C23H27NO8S/c1-7-31-22(26)18-13(3)20(23(27)32-8-2)33-21(18)24-17(25)10-9-14-11-15(28-4)19(30-6)16(12-14)29-5/h9-12H,7-8H2,1-6H3,(H,24,25)/b10-9+. The fourth-order valence-electron chi connectivity index (χ4n) is 2.97. The monoisotopic (exact) mass is 477 g/mol. The van der Waals surface area contributed by atoms with Crippen LogP contribution in [0.1, 0.15) is 45.0 Å². The Morgan fingerprint density at radius 1 is 0.939 bits per heavy atom. The lowest BCUT2D eigenvalue weighted by atomic mass is 10.1. The number of hydrogen-bond acceptors (Lipinski definition) is 9. The molecule has 0 radical (unpaired) electrons. The number of thiophene rings is 1. The van der Waals surface area contributed by atoms with E-state index in [9.17, 15) is 14.4 Å². The van der Waals surface area contributed by atoms with Crippen LogP contribution in [0.5, 0.6) is 17.2 Å². The van der Waals surface area contributed by atoms with Gasteiger partial charge in [-0.2, -0.15) is 0 Å². The molecule has 0 unspecified atom stereocenters. The maximum Gasteiger partial charge on any atom is 0.348 e. The highest BCUT2D eigenvalue weighted by Gasteiger charge is 2.27. The summed E-state index contributed by atoms with van der Waals surface area (Å²) in [5.41, 5.74) is 1.14. The molecular weight excluding hydrogens is 450 g/mol. The average Bonchev–Trinajstić information content (AvgIpc) is 3.12. The SMILES string of the molecule is CCOC(=O)c1sc(NC(=O)/C=C/c2cc(OC)c(OC)c(OC)c2)c(C(=O)OCC)c1C. The van der Waals surface area contributed by atoms with E-state index in [4.69, 9.17) is 23.7 Å². The first-order valence-electron chi connectivity index (χ1n) is 10.1. The summed E-state index contributed by atoms with van der Waals surface area (Å²) in [4.78, 5) is 37.6. The molecule has 0 spiro atoms. The minimum Gasteiger partial charge on any atom is -0.493 e. The number of benzene rings is 1. The van der Waals surface area contributed by atoms with Crippen LogP contribution < -0.4 is 19.5 Å². The molecule has 2 aromatic rings. The molecular formula is C23H27NO8S. The normalized spacial score (nSPS) is 10.6. The Morgan fingerprint density at radius 2 is 1.52 bits per heavy atom. The molecule has 0 atom stereocenters. The first kappa shape index (κ1) is 25.7. The van der Waals surface area contributed by atoms with Crippen molar-refractivity contribution in [3.63, 3.8) is 0 Å². The third-order valence-electron chi connectivity index (χ3n) is 4.44. The molecule has 1 aromatic heterocycles.